The van der Waals surface area contributed by atoms with Crippen LogP contribution in [0.15, 0.2) is 36.9 Å². The summed E-state index contributed by atoms with van der Waals surface area (Å²) < 4.78 is 18.6. The van der Waals surface area contributed by atoms with Crippen LogP contribution in [0.5, 0.6) is 5.75 Å². The van der Waals surface area contributed by atoms with Crippen molar-refractivity contribution >= 4 is 11.9 Å². The molecule has 20 heavy (non-hydrogen) atoms. The third-order valence-electron chi connectivity index (χ3n) is 2.48. The number of ether oxygens (including phenoxy) is 1. The zero-order chi connectivity index (χ0) is 15.1. The first-order valence-corrected chi connectivity index (χ1v) is 5.98. The molecule has 0 aliphatic rings. The van der Waals surface area contributed by atoms with Crippen LogP contribution < -0.4 is 4.74 Å². The van der Waals surface area contributed by atoms with E-state index >= 15 is 0 Å². The van der Waals surface area contributed by atoms with Gasteiger partial charge in [-0.25, -0.2) is 4.39 Å². The van der Waals surface area contributed by atoms with Gasteiger partial charge < -0.3 is 14.7 Å². The quantitative estimate of drug-likeness (QED) is 0.772. The van der Waals surface area contributed by atoms with Crippen LogP contribution >= 0.6 is 0 Å². The number of hydrogen-bond acceptors (Lipinski definition) is 3. The molecule has 0 aliphatic heterocycles. The molecule has 5 nitrogen and oxygen atoms in total. The summed E-state index contributed by atoms with van der Waals surface area (Å²) in [6.45, 7) is 4.51. The van der Waals surface area contributed by atoms with Gasteiger partial charge in [-0.1, -0.05) is 18.2 Å². The minimum absolute atomic E-state index is 0.0535. The number of benzene rings is 1. The number of carbonyl (C=O) groups excluding carboxylic acids is 1. The summed E-state index contributed by atoms with van der Waals surface area (Å²) >= 11 is 0. The summed E-state index contributed by atoms with van der Waals surface area (Å²) in [5, 5.41) is 8.75. The van der Waals surface area contributed by atoms with Crippen molar-refractivity contribution in [3.8, 4) is 5.75 Å². The molecule has 1 unspecified atom stereocenters. The van der Waals surface area contributed by atoms with Gasteiger partial charge in [0.15, 0.2) is 17.7 Å². The number of para-hydroxylation sites is 1. The molecule has 108 valence electrons. The van der Waals surface area contributed by atoms with Crippen LogP contribution in [0.4, 0.5) is 4.39 Å². The fraction of sp³-hybridized carbons (Fsp3) is 0.286. The van der Waals surface area contributed by atoms with E-state index in [1.807, 2.05) is 0 Å². The third kappa shape index (κ3) is 4.38. The van der Waals surface area contributed by atoms with Crippen molar-refractivity contribution in [2.45, 2.75) is 13.0 Å². The molecule has 6 heteroatoms. The van der Waals surface area contributed by atoms with Gasteiger partial charge in [-0.05, 0) is 19.1 Å². The molecular weight excluding hydrogens is 265 g/mol. The highest BCUT2D eigenvalue weighted by Crippen LogP contribution is 2.17. The lowest BCUT2D eigenvalue weighted by molar-refractivity contribution is -0.147. The summed E-state index contributed by atoms with van der Waals surface area (Å²) in [5.41, 5.74) is 0. The van der Waals surface area contributed by atoms with Crippen LogP contribution in [-0.2, 0) is 9.59 Å². The second kappa shape index (κ2) is 7.28. The Balaban J connectivity index is 2.76. The second-order valence-electron chi connectivity index (χ2n) is 4.09. The monoisotopic (exact) mass is 281 g/mol. The fourth-order valence-corrected chi connectivity index (χ4v) is 1.59. The maximum absolute atomic E-state index is 13.4. The molecule has 0 saturated carbocycles. The van der Waals surface area contributed by atoms with E-state index in [9.17, 15) is 14.0 Å². The molecule has 1 N–H and O–H groups in total. The summed E-state index contributed by atoms with van der Waals surface area (Å²) in [6, 6.07) is 5.69. The van der Waals surface area contributed by atoms with Crippen molar-refractivity contribution in [1.29, 1.82) is 0 Å². The van der Waals surface area contributed by atoms with E-state index in [1.165, 1.54) is 31.2 Å². The molecule has 1 aromatic carbocycles. The number of amides is 1. The molecule has 0 radical (unpaired) electrons. The highest BCUT2D eigenvalue weighted by atomic mass is 19.1. The zero-order valence-corrected chi connectivity index (χ0v) is 11.1. The van der Waals surface area contributed by atoms with Crippen molar-refractivity contribution in [3.05, 3.63) is 42.7 Å². The molecule has 1 atom stereocenters. The molecule has 1 amide bonds. The van der Waals surface area contributed by atoms with Gasteiger partial charge in [0.25, 0.3) is 5.91 Å². The molecular formula is C14H16FNO4. The number of hydrogen-bond donors (Lipinski definition) is 1. The molecule has 0 saturated heterocycles. The molecule has 0 spiro atoms. The Morgan fingerprint density at radius 2 is 2.15 bits per heavy atom. The Hall–Kier alpha value is -2.37. The van der Waals surface area contributed by atoms with Crippen molar-refractivity contribution in [2.75, 3.05) is 13.1 Å². The molecule has 1 rings (SSSR count). The van der Waals surface area contributed by atoms with Gasteiger partial charge in [-0.15, -0.1) is 6.58 Å². The Morgan fingerprint density at radius 3 is 2.70 bits per heavy atom. The Morgan fingerprint density at radius 1 is 1.50 bits per heavy atom. The van der Waals surface area contributed by atoms with Gasteiger partial charge in [0, 0.05) is 6.54 Å². The first-order valence-electron chi connectivity index (χ1n) is 5.98. The van der Waals surface area contributed by atoms with E-state index in [2.05, 4.69) is 6.58 Å². The van der Waals surface area contributed by atoms with E-state index in [0.29, 0.717) is 0 Å². The Kier molecular flexibility index (Phi) is 5.71. The smallest absolute Gasteiger partial charge is 0.323 e. The molecule has 0 fully saturated rings. The van der Waals surface area contributed by atoms with E-state index in [0.717, 1.165) is 4.90 Å². The van der Waals surface area contributed by atoms with Crippen LogP contribution in [0.25, 0.3) is 0 Å². The number of carboxylic acids is 1. The van der Waals surface area contributed by atoms with Crippen LogP contribution in [0.2, 0.25) is 0 Å². The predicted molar refractivity (Wildman–Crippen MR) is 70.9 cm³/mol. The van der Waals surface area contributed by atoms with Crippen molar-refractivity contribution in [1.82, 2.24) is 4.90 Å². The maximum Gasteiger partial charge on any atom is 0.323 e. The van der Waals surface area contributed by atoms with Gasteiger partial charge in [0.1, 0.15) is 6.54 Å². The number of halogens is 1. The van der Waals surface area contributed by atoms with Gasteiger partial charge >= 0.3 is 5.97 Å². The minimum atomic E-state index is -1.14. The predicted octanol–water partition coefficient (Wildman–Crippen LogP) is 1.69. The zero-order valence-electron chi connectivity index (χ0n) is 11.1. The van der Waals surface area contributed by atoms with Crippen molar-refractivity contribution in [3.63, 3.8) is 0 Å². The lowest BCUT2D eigenvalue weighted by Crippen LogP contribution is -2.43. The molecule has 0 bridgehead atoms. The normalized spacial score (nSPS) is 11.5. The largest absolute Gasteiger partial charge is 0.480 e. The average molecular weight is 281 g/mol. The number of nitrogens with zero attached hydrogens (tertiary/aromatic N) is 1. The standard InChI is InChI=1S/C14H16FNO4/c1-3-8-16(9-13(17)18)14(19)10(2)20-12-7-5-4-6-11(12)15/h3-7,10H,1,8-9H2,2H3,(H,17,18). The number of carboxylic acid groups (broad SMARTS) is 1. The SMILES string of the molecule is C=CCN(CC(=O)O)C(=O)C(C)Oc1ccccc1F. The topological polar surface area (TPSA) is 66.8 Å². The second-order valence-corrected chi connectivity index (χ2v) is 4.09. The fourth-order valence-electron chi connectivity index (χ4n) is 1.59. The summed E-state index contributed by atoms with van der Waals surface area (Å²) in [4.78, 5) is 23.8. The Labute approximate surface area is 116 Å². The number of rotatable bonds is 7. The third-order valence-corrected chi connectivity index (χ3v) is 2.48. The van der Waals surface area contributed by atoms with Gasteiger partial charge in [0.05, 0.1) is 0 Å². The lowest BCUT2D eigenvalue weighted by Gasteiger charge is -2.23. The van der Waals surface area contributed by atoms with Crippen molar-refractivity contribution in [2.24, 2.45) is 0 Å². The van der Waals surface area contributed by atoms with Gasteiger partial charge in [0.2, 0.25) is 0 Å². The van der Waals surface area contributed by atoms with Crippen LogP contribution in [0.1, 0.15) is 6.92 Å². The van der Waals surface area contributed by atoms with Crippen molar-refractivity contribution < 1.29 is 23.8 Å². The summed E-state index contributed by atoms with van der Waals surface area (Å²) in [6.07, 6.45) is 0.419. The molecule has 0 heterocycles. The average Bonchev–Trinajstić information content (AvgIpc) is 2.39. The van der Waals surface area contributed by atoms with E-state index < -0.39 is 30.3 Å². The molecule has 0 aliphatic carbocycles. The highest BCUT2D eigenvalue weighted by Gasteiger charge is 2.23. The lowest BCUT2D eigenvalue weighted by atomic mass is 10.3. The van der Waals surface area contributed by atoms with E-state index in [4.69, 9.17) is 9.84 Å². The van der Waals surface area contributed by atoms with E-state index in [-0.39, 0.29) is 12.3 Å². The number of aliphatic carboxylic acids is 1. The van der Waals surface area contributed by atoms with Crippen LogP contribution in [0.3, 0.4) is 0 Å². The van der Waals surface area contributed by atoms with Crippen LogP contribution in [-0.4, -0.2) is 41.1 Å². The molecule has 0 aromatic heterocycles. The minimum Gasteiger partial charge on any atom is -0.480 e. The van der Waals surface area contributed by atoms with Crippen LogP contribution in [0, 0.1) is 5.82 Å². The van der Waals surface area contributed by atoms with E-state index in [1.54, 1.807) is 6.07 Å². The Bertz CT molecular complexity index is 504. The van der Waals surface area contributed by atoms with Gasteiger partial charge in [-0.2, -0.15) is 0 Å². The highest BCUT2D eigenvalue weighted by molar-refractivity contribution is 5.84. The summed E-state index contributed by atoms with van der Waals surface area (Å²) in [7, 11) is 0. The van der Waals surface area contributed by atoms with Gasteiger partial charge in [-0.3, -0.25) is 9.59 Å². The number of carbonyl (C=O) groups is 2. The molecule has 1 aromatic rings. The first kappa shape index (κ1) is 15.7. The maximum atomic E-state index is 13.4. The first-order chi connectivity index (χ1) is 9.45. The summed E-state index contributed by atoms with van der Waals surface area (Å²) in [5.74, 6) is -2.32.